The van der Waals surface area contributed by atoms with E-state index in [9.17, 15) is 0 Å². The fraction of sp³-hybridized carbons (Fsp3) is 0. The molecule has 1 aromatic rings. The molecule has 0 saturated carbocycles. The van der Waals surface area contributed by atoms with E-state index in [0.717, 1.165) is 0 Å². The summed E-state index contributed by atoms with van der Waals surface area (Å²) in [6.45, 7) is 0. The number of hydrogen-bond acceptors (Lipinski definition) is 0. The normalized spacial score (nSPS) is 8.33. The minimum Gasteiger partial charge on any atom is -0.0815 e. The molecule has 0 amide bonds. The molecular formula is C12Br3Cl3. The van der Waals surface area contributed by atoms with Crippen molar-refractivity contribution in [2.24, 2.45) is 0 Å². The first kappa shape index (κ1) is 16.3. The lowest BCUT2D eigenvalue weighted by Crippen LogP contribution is -1.93. The fourth-order valence-corrected chi connectivity index (χ4v) is 2.73. The van der Waals surface area contributed by atoms with Crippen LogP contribution in [0, 0.1) is 32.3 Å². The van der Waals surface area contributed by atoms with E-state index in [1.807, 2.05) is 0 Å². The highest BCUT2D eigenvalue weighted by Crippen LogP contribution is 2.37. The highest BCUT2D eigenvalue weighted by molar-refractivity contribution is 9.12. The maximum Gasteiger partial charge on any atom is 0.0750 e. The summed E-state index contributed by atoms with van der Waals surface area (Å²) < 4.78 is 0. The van der Waals surface area contributed by atoms with Gasteiger partial charge in [-0.15, -0.1) is 0 Å². The van der Waals surface area contributed by atoms with Gasteiger partial charge in [-0.3, -0.25) is 0 Å². The van der Waals surface area contributed by atoms with Crippen LogP contribution in [0.15, 0.2) is 0 Å². The van der Waals surface area contributed by atoms with Crippen molar-refractivity contribution >= 4 is 82.6 Å². The van der Waals surface area contributed by atoms with Gasteiger partial charge in [-0.1, -0.05) is 52.6 Å². The van der Waals surface area contributed by atoms with E-state index in [1.165, 1.54) is 0 Å². The monoisotopic (exact) mass is 486 g/mol. The van der Waals surface area contributed by atoms with Gasteiger partial charge in [0.2, 0.25) is 0 Å². The van der Waals surface area contributed by atoms with Crippen molar-refractivity contribution < 1.29 is 0 Å². The molecule has 0 aliphatic carbocycles. The van der Waals surface area contributed by atoms with Crippen LogP contribution < -0.4 is 0 Å². The summed E-state index contributed by atoms with van der Waals surface area (Å²) in [6.07, 6.45) is 0. The van der Waals surface area contributed by atoms with Crippen molar-refractivity contribution in [3.63, 3.8) is 0 Å². The van der Waals surface area contributed by atoms with Gasteiger partial charge in [0.05, 0.1) is 31.8 Å². The van der Waals surface area contributed by atoms with Crippen molar-refractivity contribution in [1.82, 2.24) is 0 Å². The molecule has 0 bridgehead atoms. The third kappa shape index (κ3) is 3.40. The van der Waals surface area contributed by atoms with Crippen LogP contribution in [0.2, 0.25) is 15.1 Å². The summed E-state index contributed by atoms with van der Waals surface area (Å²) in [4.78, 5) is 7.66. The smallest absolute Gasteiger partial charge is 0.0750 e. The number of hydrogen-bond donors (Lipinski definition) is 0. The predicted octanol–water partition coefficient (Wildman–Crippen LogP) is 5.76. The van der Waals surface area contributed by atoms with Crippen LogP contribution in [-0.4, -0.2) is 0 Å². The second-order valence-corrected chi connectivity index (χ2v) is 5.05. The summed E-state index contributed by atoms with van der Waals surface area (Å²) in [5.74, 6) is 8.24. The van der Waals surface area contributed by atoms with E-state index in [1.54, 1.807) is 0 Å². The Kier molecular flexibility index (Phi) is 6.97. The Morgan fingerprint density at radius 1 is 0.556 bits per heavy atom. The third-order valence-corrected chi connectivity index (χ3v) is 3.56. The Bertz CT molecular complexity index is 560. The van der Waals surface area contributed by atoms with Gasteiger partial charge in [-0.2, -0.15) is 0 Å². The SMILES string of the molecule is Clc1c(C#CBr)c(Cl)c(C#CBr)c(Cl)c1C#CBr. The molecule has 0 spiro atoms. The molecule has 0 aromatic heterocycles. The van der Waals surface area contributed by atoms with Gasteiger partial charge in [0.25, 0.3) is 0 Å². The van der Waals surface area contributed by atoms with E-state index in [-0.39, 0.29) is 0 Å². The molecule has 18 heavy (non-hydrogen) atoms. The minimum absolute atomic E-state index is 0.295. The molecule has 0 aliphatic heterocycles. The van der Waals surface area contributed by atoms with Gasteiger partial charge in [0.15, 0.2) is 0 Å². The second-order valence-electron chi connectivity index (χ2n) is 2.73. The molecule has 0 heterocycles. The van der Waals surface area contributed by atoms with Crippen LogP contribution in [0.25, 0.3) is 0 Å². The van der Waals surface area contributed by atoms with E-state index in [0.29, 0.717) is 31.8 Å². The van der Waals surface area contributed by atoms with Gasteiger partial charge >= 0.3 is 0 Å². The van der Waals surface area contributed by atoms with E-state index in [2.05, 4.69) is 80.0 Å². The quantitative estimate of drug-likeness (QED) is 0.406. The van der Waals surface area contributed by atoms with Gasteiger partial charge in [-0.05, 0) is 14.5 Å². The summed E-state index contributed by atoms with van der Waals surface area (Å²) in [6, 6.07) is 0. The number of rotatable bonds is 0. The average molecular weight is 490 g/mol. The molecule has 0 aliphatic rings. The van der Waals surface area contributed by atoms with Crippen LogP contribution >= 0.6 is 82.6 Å². The van der Waals surface area contributed by atoms with Gasteiger partial charge in [0.1, 0.15) is 0 Å². The van der Waals surface area contributed by atoms with Gasteiger partial charge in [0, 0.05) is 47.8 Å². The lowest BCUT2D eigenvalue weighted by molar-refractivity contribution is 1.55. The Balaban J connectivity index is 3.87. The van der Waals surface area contributed by atoms with Crippen LogP contribution in [0.4, 0.5) is 0 Å². The van der Waals surface area contributed by atoms with Crippen molar-refractivity contribution in [3.8, 4) is 32.3 Å². The van der Waals surface area contributed by atoms with Gasteiger partial charge < -0.3 is 0 Å². The topological polar surface area (TPSA) is 0 Å². The molecule has 6 heteroatoms. The maximum atomic E-state index is 6.17. The largest absolute Gasteiger partial charge is 0.0815 e. The second kappa shape index (κ2) is 7.72. The van der Waals surface area contributed by atoms with Crippen molar-refractivity contribution in [2.45, 2.75) is 0 Å². The van der Waals surface area contributed by atoms with Crippen LogP contribution in [0.5, 0.6) is 0 Å². The molecule has 0 fully saturated rings. The Hall–Kier alpha value is 0.210. The first-order valence-corrected chi connectivity index (χ1v) is 7.65. The molecule has 1 aromatic carbocycles. The van der Waals surface area contributed by atoms with E-state index < -0.39 is 0 Å². The molecular weight excluding hydrogens is 490 g/mol. The summed E-state index contributed by atoms with van der Waals surface area (Å²) in [5, 5.41) is 0.886. The van der Waals surface area contributed by atoms with Crippen LogP contribution in [0.1, 0.15) is 16.7 Å². The fourth-order valence-electron chi connectivity index (χ4n) is 1.14. The summed E-state index contributed by atoms with van der Waals surface area (Å²) >= 11 is 27.5. The Morgan fingerprint density at radius 3 is 0.944 bits per heavy atom. The maximum absolute atomic E-state index is 6.17. The third-order valence-electron chi connectivity index (χ3n) is 1.83. The Labute approximate surface area is 145 Å². The molecule has 0 saturated heterocycles. The van der Waals surface area contributed by atoms with Crippen molar-refractivity contribution in [3.05, 3.63) is 31.8 Å². The zero-order valence-corrected chi connectivity index (χ0v) is 15.3. The van der Waals surface area contributed by atoms with E-state index in [4.69, 9.17) is 34.8 Å². The van der Waals surface area contributed by atoms with Crippen molar-refractivity contribution in [1.29, 1.82) is 0 Å². The molecule has 90 valence electrons. The Morgan fingerprint density at radius 2 is 0.778 bits per heavy atom. The highest BCUT2D eigenvalue weighted by atomic mass is 79.9. The van der Waals surface area contributed by atoms with Crippen LogP contribution in [0.3, 0.4) is 0 Å². The highest BCUT2D eigenvalue weighted by Gasteiger charge is 2.18. The molecule has 0 atom stereocenters. The van der Waals surface area contributed by atoms with Crippen LogP contribution in [-0.2, 0) is 0 Å². The molecule has 1 rings (SSSR count). The first-order valence-electron chi connectivity index (χ1n) is 4.13. The van der Waals surface area contributed by atoms with Gasteiger partial charge in [-0.25, -0.2) is 0 Å². The predicted molar refractivity (Wildman–Crippen MR) is 88.9 cm³/mol. The average Bonchev–Trinajstić information content (AvgIpc) is 2.35. The van der Waals surface area contributed by atoms with E-state index >= 15 is 0 Å². The molecule has 0 N–H and O–H groups in total. The molecule has 0 radical (unpaired) electrons. The minimum atomic E-state index is 0.295. The van der Waals surface area contributed by atoms with Crippen molar-refractivity contribution in [2.75, 3.05) is 0 Å². The number of benzene rings is 1. The molecule has 0 unspecified atom stereocenters. The number of halogens is 6. The zero-order chi connectivity index (χ0) is 13.7. The zero-order valence-electron chi connectivity index (χ0n) is 8.27. The summed E-state index contributed by atoms with van der Waals surface area (Å²) in [5.41, 5.74) is 1.28. The standard InChI is InChI=1S/C12Br3Cl3/c13-4-1-7-10(16)8(2-5-14)12(18)9(3-6-15)11(7)17. The lowest BCUT2D eigenvalue weighted by atomic mass is 10.1. The lowest BCUT2D eigenvalue weighted by Gasteiger charge is -2.08. The molecule has 0 nitrogen and oxygen atoms in total. The summed E-state index contributed by atoms with van der Waals surface area (Å²) in [7, 11) is 0. The first-order chi connectivity index (χ1) is 8.58.